The van der Waals surface area contributed by atoms with Crippen molar-refractivity contribution < 1.29 is 79.7 Å². The van der Waals surface area contributed by atoms with Crippen LogP contribution in [0.4, 0.5) is 18.0 Å². The average molecular weight is 1640 g/mol. The minimum Gasteiger partial charge on any atom is -0.508 e. The number of carbonyl (C=O) groups excluding carboxylic acids is 9. The first-order chi connectivity index (χ1) is 54.1. The molecule has 2 aliphatic rings. The highest BCUT2D eigenvalue weighted by molar-refractivity contribution is 8.76. The number of rotatable bonds is 27. The summed E-state index contributed by atoms with van der Waals surface area (Å²) in [5.74, 6) is -11.0. The Balaban J connectivity index is 1.12. The molecule has 9 atom stereocenters. The van der Waals surface area contributed by atoms with E-state index in [1.807, 2.05) is 115 Å². The van der Waals surface area contributed by atoms with Gasteiger partial charge in [0.05, 0.1) is 28.2 Å². The number of thioether (sulfide) groups is 1. The van der Waals surface area contributed by atoms with Gasteiger partial charge in [0.2, 0.25) is 51.4 Å². The van der Waals surface area contributed by atoms with Crippen LogP contribution >= 0.6 is 33.3 Å². The first-order valence-corrected chi connectivity index (χ1v) is 42.2. The van der Waals surface area contributed by atoms with Gasteiger partial charge >= 0.3 is 12.3 Å². The third-order valence-corrected chi connectivity index (χ3v) is 24.7. The van der Waals surface area contributed by atoms with Gasteiger partial charge < -0.3 is 57.9 Å². The Morgan fingerprint density at radius 2 is 1.19 bits per heavy atom. The van der Waals surface area contributed by atoms with Crippen molar-refractivity contribution in [2.75, 3.05) is 18.1 Å². The number of hydrogen-bond donors (Lipinski definition) is 11. The zero-order valence-corrected chi connectivity index (χ0v) is 67.1. The summed E-state index contributed by atoms with van der Waals surface area (Å²) in [4.78, 5) is 135. The normalized spacial score (nSPS) is 19.4. The SMILES string of the molecule is C[C@@H](O)[C@@H]1NC(=O)[C@H](CCCCNC(=O)OC(C)(C)C)NC(=O)[C@@H](CC2=CCc3ccccc32)NC(=O)[C@H](Cc2ccc(O)cc2)CC(=O)[C@@H](NC(=O)[C@@H](Cc2ccccc2)NS(=O)(=O)Cc2ccc(C(F)(F)F)cc2)CSSC[C@@H](C(=O)N[C@H](C(N)=O)C(C)(C)SC(c2ccccc2)(c2ccccc2)c2ccccc2)NC1=O. The number of carbonyl (C=O) groups is 9. The molecule has 1 heterocycles. The number of ether oxygens (including phenoxy) is 1. The van der Waals surface area contributed by atoms with Crippen LogP contribution in [0.1, 0.15) is 124 Å². The fourth-order valence-electron chi connectivity index (χ4n) is 13.5. The fourth-order valence-corrected chi connectivity index (χ4v) is 19.0. The summed E-state index contributed by atoms with van der Waals surface area (Å²) in [6.45, 7) is 9.78. The molecular weight excluding hydrogens is 1540 g/mol. The molecule has 0 bridgehead atoms. The second-order valence-electron chi connectivity index (χ2n) is 29.6. The standard InChI is InChI=1S/C84H96F3N9O14S4/c1-52(97)71-79(106)93-69(78(105)95-72(73(88)100)82(5,6)113-83(59-26-13-8-14-27-59,60-28-15-9-16-29-60)61-30-17-10-18-31-61)50-112-111-49-68(92-77(104)67(46-53-23-11-7-12-24-53)96-114(108,109)51-55-34-40-62(41-35-55)84(85,86)87)70(99)48-58(45-54-36-42-63(98)43-37-54)74(101)91-66(47-57-39-38-56-25-19-20-32-64(56)57)76(103)90-65(75(102)94-71)33-21-22-44-89-80(107)110-81(2,3)4/h7-20,23-32,34-37,39-43,52,58,65-69,71-72,96-98H,21-22,33,38,44-51H2,1-6H3,(H2,88,100)(H,89,107)(H,90,103)(H,91,101)(H,92,104)(H,93,106)(H,94,102)(H,95,105)/t52-,58-,65+,66-,67-,68+,69+,71+,72-/m1/s1. The summed E-state index contributed by atoms with van der Waals surface area (Å²) in [6, 6.07) is 41.6. The lowest BCUT2D eigenvalue weighted by molar-refractivity contribution is -0.137. The zero-order valence-electron chi connectivity index (χ0n) is 63.9. The van der Waals surface area contributed by atoms with Gasteiger partial charge in [-0.15, -0.1) is 11.8 Å². The van der Waals surface area contributed by atoms with E-state index in [2.05, 4.69) is 41.9 Å². The number of amides is 8. The van der Waals surface area contributed by atoms with Crippen LogP contribution in [0, 0.1) is 5.92 Å². The second kappa shape index (κ2) is 39.9. The number of halogens is 3. The molecule has 30 heteroatoms. The van der Waals surface area contributed by atoms with Crippen LogP contribution in [-0.2, 0) is 89.1 Å². The number of phenols is 1. The van der Waals surface area contributed by atoms with Crippen LogP contribution in [-0.4, -0.2) is 149 Å². The maximum Gasteiger partial charge on any atom is 0.416 e. The maximum absolute atomic E-state index is 15.7. The number of sulfonamides is 1. The van der Waals surface area contributed by atoms with Gasteiger partial charge in [-0.05, 0) is 154 Å². The largest absolute Gasteiger partial charge is 0.508 e. The van der Waals surface area contributed by atoms with Gasteiger partial charge in [0.1, 0.15) is 47.6 Å². The number of allylic oxidation sites excluding steroid dienone is 1. The lowest BCUT2D eigenvalue weighted by atomic mass is 9.84. The van der Waals surface area contributed by atoms with Crippen LogP contribution < -0.4 is 47.7 Å². The molecule has 9 rings (SSSR count). The van der Waals surface area contributed by atoms with Crippen molar-refractivity contribution in [1.29, 1.82) is 0 Å². The number of benzene rings is 7. The van der Waals surface area contributed by atoms with Crippen LogP contribution in [0.2, 0.25) is 0 Å². The Morgan fingerprint density at radius 1 is 0.640 bits per heavy atom. The number of aliphatic hydroxyl groups excluding tert-OH is 1. The monoisotopic (exact) mass is 1640 g/mol. The number of nitrogens with one attached hydrogen (secondary N) is 8. The molecule has 0 saturated carbocycles. The molecule has 114 heavy (non-hydrogen) atoms. The number of aliphatic hydroxyl groups is 1. The van der Waals surface area contributed by atoms with Gasteiger partial charge in [0.15, 0.2) is 5.78 Å². The van der Waals surface area contributed by atoms with Crippen molar-refractivity contribution in [2.45, 2.75) is 168 Å². The smallest absolute Gasteiger partial charge is 0.416 e. The number of hydrogen-bond acceptors (Lipinski definition) is 17. The third-order valence-electron chi connectivity index (χ3n) is 19.2. The average Bonchev–Trinajstić information content (AvgIpc) is 0.768. The number of fused-ring (bicyclic) bond motifs is 1. The fraction of sp³-hybridized carbons (Fsp3) is 0.369. The number of unbranched alkanes of at least 4 members (excludes halogenated alkanes) is 1. The van der Waals surface area contributed by atoms with Gasteiger partial charge in [0, 0.05) is 41.6 Å². The molecule has 0 radical (unpaired) electrons. The summed E-state index contributed by atoms with van der Waals surface area (Å²) in [6.07, 6.45) is -6.12. The summed E-state index contributed by atoms with van der Waals surface area (Å²) in [7, 11) is -2.85. The molecule has 12 N–H and O–H groups in total. The van der Waals surface area contributed by atoms with Gasteiger partial charge in [0.25, 0.3) is 0 Å². The van der Waals surface area contributed by atoms with Crippen LogP contribution in [0.5, 0.6) is 5.75 Å². The van der Waals surface area contributed by atoms with Crippen molar-refractivity contribution in [3.8, 4) is 5.75 Å². The lowest BCUT2D eigenvalue weighted by Gasteiger charge is -2.44. The quantitative estimate of drug-likeness (QED) is 0.0130. The first kappa shape index (κ1) is 88.0. The maximum atomic E-state index is 15.7. The molecule has 1 aliphatic carbocycles. The van der Waals surface area contributed by atoms with Crippen molar-refractivity contribution in [3.63, 3.8) is 0 Å². The van der Waals surface area contributed by atoms with Crippen molar-refractivity contribution in [2.24, 2.45) is 11.7 Å². The zero-order chi connectivity index (χ0) is 82.5. The van der Waals surface area contributed by atoms with Crippen LogP contribution in [0.3, 0.4) is 0 Å². The van der Waals surface area contributed by atoms with Gasteiger partial charge in [-0.3, -0.25) is 38.4 Å². The molecule has 1 aliphatic heterocycles. The highest BCUT2D eigenvalue weighted by atomic mass is 33.1. The molecule has 7 aromatic rings. The summed E-state index contributed by atoms with van der Waals surface area (Å²) < 4.78 is 74.7. The summed E-state index contributed by atoms with van der Waals surface area (Å²) >= 11 is 1.32. The van der Waals surface area contributed by atoms with Crippen LogP contribution in [0.25, 0.3) is 5.57 Å². The molecular formula is C84H96F3N9O14S4. The van der Waals surface area contributed by atoms with E-state index in [-0.39, 0.29) is 56.4 Å². The summed E-state index contributed by atoms with van der Waals surface area (Å²) in [5.41, 5.74) is 10.0. The Morgan fingerprint density at radius 3 is 1.77 bits per heavy atom. The van der Waals surface area contributed by atoms with Crippen molar-refractivity contribution in [1.82, 2.24) is 41.9 Å². The van der Waals surface area contributed by atoms with E-state index in [0.29, 0.717) is 23.1 Å². The van der Waals surface area contributed by atoms with E-state index in [0.717, 1.165) is 73.7 Å². The minimum absolute atomic E-state index is 0.0513. The Bertz CT molecular complexity index is 4550. The predicted octanol–water partition coefficient (Wildman–Crippen LogP) is 9.66. The molecule has 7 aromatic carbocycles. The number of Topliss-reactive ketones (excluding diaryl/α,β-unsaturated/α-hetero) is 1. The molecule has 1 saturated heterocycles. The molecule has 1 fully saturated rings. The van der Waals surface area contributed by atoms with Gasteiger partial charge in [-0.2, -0.15) is 13.2 Å². The molecule has 0 aromatic heterocycles. The third kappa shape index (κ3) is 25.0. The van der Waals surface area contributed by atoms with E-state index in [4.69, 9.17) is 10.5 Å². The van der Waals surface area contributed by atoms with E-state index >= 15 is 33.6 Å². The molecule has 0 unspecified atom stereocenters. The molecule has 8 amide bonds. The van der Waals surface area contributed by atoms with E-state index in [9.17, 15) is 41.4 Å². The Hall–Kier alpha value is -9.98. The minimum atomic E-state index is -4.73. The number of phenolic OH excluding ortho intramolecular Hbond substituents is 1. The van der Waals surface area contributed by atoms with Gasteiger partial charge in [-0.25, -0.2) is 17.9 Å². The Labute approximate surface area is 673 Å². The van der Waals surface area contributed by atoms with E-state index < -0.39 is 168 Å². The van der Waals surface area contributed by atoms with Gasteiger partial charge in [-0.1, -0.05) is 198 Å². The number of primary amides is 1. The number of ketones is 1. The highest BCUT2D eigenvalue weighted by Crippen LogP contribution is 2.54. The molecule has 606 valence electrons. The highest BCUT2D eigenvalue weighted by Gasteiger charge is 2.48. The van der Waals surface area contributed by atoms with Crippen LogP contribution in [0.15, 0.2) is 200 Å². The number of nitrogens with two attached hydrogens (primary N) is 1. The van der Waals surface area contributed by atoms with Crippen molar-refractivity contribution in [3.05, 3.63) is 250 Å². The number of alkyl carbamates (subject to hydrolysis) is 1. The molecule has 0 spiro atoms. The second-order valence-corrected chi connectivity index (χ2v) is 35.8. The summed E-state index contributed by atoms with van der Waals surface area (Å²) in [5, 5.41) is 41.2. The predicted molar refractivity (Wildman–Crippen MR) is 435 cm³/mol. The van der Waals surface area contributed by atoms with Crippen molar-refractivity contribution >= 4 is 102 Å². The van der Waals surface area contributed by atoms with E-state index in [1.165, 1.54) is 43.0 Å². The van der Waals surface area contributed by atoms with E-state index in [1.54, 1.807) is 71.0 Å². The topological polar surface area (TPSA) is 360 Å². The first-order valence-electron chi connectivity index (χ1n) is 37.2. The molecule has 23 nitrogen and oxygen atoms in total. The number of alkyl halides is 3. The number of aromatic hydroxyl groups is 1. The lowest BCUT2D eigenvalue weighted by Crippen LogP contribution is -2.63. The Kier molecular flexibility index (Phi) is 30.8.